The Morgan fingerprint density at radius 3 is 2.47 bits per heavy atom. The number of aliphatic hydroxyl groups is 1. The molecule has 1 aromatic carbocycles. The molecule has 6 nitrogen and oxygen atoms in total. The highest BCUT2D eigenvalue weighted by Crippen LogP contribution is 2.27. The van der Waals surface area contributed by atoms with Gasteiger partial charge in [-0.1, -0.05) is 26.0 Å². The van der Waals surface area contributed by atoms with E-state index in [4.69, 9.17) is 0 Å². The van der Waals surface area contributed by atoms with Crippen LogP contribution in [0, 0.1) is 10.1 Å². The largest absolute Gasteiger partial charge is 0.387 e. The fourth-order valence-electron chi connectivity index (χ4n) is 1.92. The Morgan fingerprint density at radius 1 is 1.37 bits per heavy atom. The van der Waals surface area contributed by atoms with Gasteiger partial charge in [0.15, 0.2) is 9.84 Å². The Labute approximate surface area is 112 Å². The molecule has 0 radical (unpaired) electrons. The number of nitrogens with zero attached hydrogens (tertiary/aromatic N) is 1. The molecule has 0 bridgehead atoms. The summed E-state index contributed by atoms with van der Waals surface area (Å²) in [6.07, 6.45) is -1.00. The summed E-state index contributed by atoms with van der Waals surface area (Å²) in [4.78, 5) is 10.1. The van der Waals surface area contributed by atoms with Gasteiger partial charge in [0.25, 0.3) is 5.69 Å². The number of rotatable bonds is 6. The fraction of sp³-hybridized carbons (Fsp3) is 0.500. The molecule has 1 aromatic rings. The molecule has 0 unspecified atom stereocenters. The quantitative estimate of drug-likeness (QED) is 0.636. The molecule has 106 valence electrons. The highest BCUT2D eigenvalue weighted by Gasteiger charge is 2.31. The second-order valence-corrected chi connectivity index (χ2v) is 6.70. The lowest BCUT2D eigenvalue weighted by atomic mass is 10.0. The molecular formula is C12H17NO5S. The second kappa shape index (κ2) is 6.12. The maximum absolute atomic E-state index is 11.9. The van der Waals surface area contributed by atoms with Gasteiger partial charge in [-0.3, -0.25) is 10.1 Å². The second-order valence-electron chi connectivity index (χ2n) is 4.20. The summed E-state index contributed by atoms with van der Waals surface area (Å²) in [5.74, 6) is -0.0719. The van der Waals surface area contributed by atoms with Crippen molar-refractivity contribution in [2.75, 3.05) is 5.75 Å². The van der Waals surface area contributed by atoms with Gasteiger partial charge in [-0.05, 0) is 12.0 Å². The summed E-state index contributed by atoms with van der Waals surface area (Å²) in [7, 11) is -3.41. The van der Waals surface area contributed by atoms with E-state index >= 15 is 0 Å². The van der Waals surface area contributed by atoms with E-state index in [1.54, 1.807) is 6.92 Å². The van der Waals surface area contributed by atoms with Crippen LogP contribution in [0.5, 0.6) is 0 Å². The van der Waals surface area contributed by atoms with Gasteiger partial charge in [-0.25, -0.2) is 8.42 Å². The van der Waals surface area contributed by atoms with Crippen LogP contribution >= 0.6 is 0 Å². The molecule has 0 aliphatic heterocycles. The summed E-state index contributed by atoms with van der Waals surface area (Å²) in [5.41, 5.74) is 0.0818. The van der Waals surface area contributed by atoms with Crippen LogP contribution in [0.4, 0.5) is 5.69 Å². The average Bonchev–Trinajstić information content (AvgIpc) is 2.39. The van der Waals surface area contributed by atoms with Crippen LogP contribution in [0.1, 0.15) is 31.9 Å². The first-order valence-electron chi connectivity index (χ1n) is 5.97. The van der Waals surface area contributed by atoms with Crippen molar-refractivity contribution in [3.8, 4) is 0 Å². The summed E-state index contributed by atoms with van der Waals surface area (Å²) in [6, 6.07) is 5.43. The van der Waals surface area contributed by atoms with E-state index in [0.717, 1.165) is 0 Å². The lowest BCUT2D eigenvalue weighted by Gasteiger charge is -2.21. The first kappa shape index (κ1) is 15.6. The summed E-state index contributed by atoms with van der Waals surface area (Å²) in [5, 5.41) is 19.9. The molecule has 1 rings (SSSR count). The minimum atomic E-state index is -3.41. The molecule has 0 fully saturated rings. The highest BCUT2D eigenvalue weighted by atomic mass is 32.2. The van der Waals surface area contributed by atoms with Crippen LogP contribution in [0.2, 0.25) is 0 Å². The maximum Gasteiger partial charge on any atom is 0.269 e. The predicted molar refractivity (Wildman–Crippen MR) is 71.6 cm³/mol. The van der Waals surface area contributed by atoms with Gasteiger partial charge >= 0.3 is 0 Å². The van der Waals surface area contributed by atoms with E-state index in [1.165, 1.54) is 31.2 Å². The lowest BCUT2D eigenvalue weighted by molar-refractivity contribution is -0.385. The zero-order valence-electron chi connectivity index (χ0n) is 10.8. The number of sulfone groups is 1. The smallest absolute Gasteiger partial charge is 0.269 e. The van der Waals surface area contributed by atoms with Crippen molar-refractivity contribution in [3.05, 3.63) is 39.9 Å². The van der Waals surface area contributed by atoms with Gasteiger partial charge in [-0.15, -0.1) is 0 Å². The molecule has 0 amide bonds. The van der Waals surface area contributed by atoms with Crippen molar-refractivity contribution >= 4 is 15.5 Å². The molecular weight excluding hydrogens is 270 g/mol. The van der Waals surface area contributed by atoms with Gasteiger partial charge in [0.2, 0.25) is 0 Å². The normalized spacial score (nSPS) is 14.9. The number of hydrogen-bond donors (Lipinski definition) is 1. The van der Waals surface area contributed by atoms with Gasteiger partial charge in [0.1, 0.15) is 0 Å². The van der Waals surface area contributed by atoms with Crippen molar-refractivity contribution in [2.24, 2.45) is 0 Å². The SMILES string of the molecule is CC[C@@H]([C@H](O)c1cccc([N+](=O)[O-])c1)S(=O)(=O)CC. The summed E-state index contributed by atoms with van der Waals surface area (Å²) < 4.78 is 23.7. The van der Waals surface area contributed by atoms with Crippen molar-refractivity contribution < 1.29 is 18.4 Å². The van der Waals surface area contributed by atoms with Crippen molar-refractivity contribution in [1.82, 2.24) is 0 Å². The number of nitro groups is 1. The molecule has 0 aliphatic rings. The highest BCUT2D eigenvalue weighted by molar-refractivity contribution is 7.92. The summed E-state index contributed by atoms with van der Waals surface area (Å²) >= 11 is 0. The average molecular weight is 287 g/mol. The fourth-order valence-corrected chi connectivity index (χ4v) is 3.41. The summed E-state index contributed by atoms with van der Waals surface area (Å²) in [6.45, 7) is 3.18. The predicted octanol–water partition coefficient (Wildman–Crippen LogP) is 1.84. The zero-order valence-corrected chi connectivity index (χ0v) is 11.6. The Bertz CT molecular complexity index is 555. The monoisotopic (exact) mass is 287 g/mol. The molecule has 19 heavy (non-hydrogen) atoms. The number of benzene rings is 1. The van der Waals surface area contributed by atoms with E-state index in [9.17, 15) is 23.6 Å². The van der Waals surface area contributed by atoms with Crippen LogP contribution in [-0.2, 0) is 9.84 Å². The first-order valence-corrected chi connectivity index (χ1v) is 7.69. The number of nitro benzene ring substituents is 1. The molecule has 7 heteroatoms. The maximum atomic E-state index is 11.9. The third-order valence-electron chi connectivity index (χ3n) is 3.04. The van der Waals surface area contributed by atoms with Crippen LogP contribution in [0.25, 0.3) is 0 Å². The molecule has 1 N–H and O–H groups in total. The Hall–Kier alpha value is -1.47. The van der Waals surface area contributed by atoms with Gasteiger partial charge in [-0.2, -0.15) is 0 Å². The van der Waals surface area contributed by atoms with Gasteiger partial charge < -0.3 is 5.11 Å². The molecule has 0 heterocycles. The molecule has 0 saturated carbocycles. The van der Waals surface area contributed by atoms with Crippen LogP contribution < -0.4 is 0 Å². The van der Waals surface area contributed by atoms with E-state index in [1.807, 2.05) is 0 Å². The minimum Gasteiger partial charge on any atom is -0.387 e. The van der Waals surface area contributed by atoms with Gasteiger partial charge in [0.05, 0.1) is 16.3 Å². The number of non-ortho nitro benzene ring substituents is 1. The minimum absolute atomic E-state index is 0.0719. The van der Waals surface area contributed by atoms with Crippen molar-refractivity contribution in [3.63, 3.8) is 0 Å². The van der Waals surface area contributed by atoms with E-state index in [0.29, 0.717) is 0 Å². The standard InChI is InChI=1S/C12H17NO5S/c1-3-11(19(17,18)4-2)12(14)9-6-5-7-10(8-9)13(15)16/h5-8,11-12,14H,3-4H2,1-2H3/t11-,12+/m0/s1. The van der Waals surface area contributed by atoms with Crippen LogP contribution in [0.15, 0.2) is 24.3 Å². The third kappa shape index (κ3) is 3.51. The first-order chi connectivity index (χ1) is 8.83. The number of aliphatic hydroxyl groups excluding tert-OH is 1. The lowest BCUT2D eigenvalue weighted by Crippen LogP contribution is -2.29. The van der Waals surface area contributed by atoms with Crippen LogP contribution in [-0.4, -0.2) is 29.5 Å². The van der Waals surface area contributed by atoms with Crippen molar-refractivity contribution in [1.29, 1.82) is 0 Å². The van der Waals surface area contributed by atoms with E-state index in [2.05, 4.69) is 0 Å². The molecule has 0 aromatic heterocycles. The van der Waals surface area contributed by atoms with E-state index in [-0.39, 0.29) is 23.4 Å². The van der Waals surface area contributed by atoms with E-state index < -0.39 is 26.1 Å². The molecule has 0 saturated heterocycles. The Balaban J connectivity index is 3.14. The number of hydrogen-bond acceptors (Lipinski definition) is 5. The van der Waals surface area contributed by atoms with Gasteiger partial charge in [0, 0.05) is 17.9 Å². The zero-order chi connectivity index (χ0) is 14.6. The van der Waals surface area contributed by atoms with Crippen LogP contribution in [0.3, 0.4) is 0 Å². The molecule has 0 aliphatic carbocycles. The Kier molecular flexibility index (Phi) is 5.02. The van der Waals surface area contributed by atoms with Crippen molar-refractivity contribution in [2.45, 2.75) is 31.6 Å². The topological polar surface area (TPSA) is 97.5 Å². The molecule has 0 spiro atoms. The third-order valence-corrected chi connectivity index (χ3v) is 5.36. The Morgan fingerprint density at radius 2 is 2.00 bits per heavy atom. The molecule has 2 atom stereocenters.